The summed E-state index contributed by atoms with van der Waals surface area (Å²) in [4.78, 5) is 25.8. The number of piperidine rings is 1. The molecule has 1 saturated heterocycles. The average Bonchev–Trinajstić information content (AvgIpc) is 2.53. The number of nitrogens with one attached hydrogen (secondary N) is 1. The monoisotopic (exact) mass is 344 g/mol. The first-order valence-electron chi connectivity index (χ1n) is 8.76. The maximum Gasteiger partial charge on any atom is 0.410 e. The molecule has 2 rings (SSSR count). The summed E-state index contributed by atoms with van der Waals surface area (Å²) >= 11 is 0. The van der Waals surface area contributed by atoms with Crippen LogP contribution in [0.4, 0.5) is 4.79 Å². The minimum Gasteiger partial charge on any atom is -0.444 e. The Bertz CT molecular complexity index is 621. The van der Waals surface area contributed by atoms with E-state index in [1.807, 2.05) is 58.0 Å². The Morgan fingerprint density at radius 2 is 1.76 bits per heavy atom. The van der Waals surface area contributed by atoms with E-state index in [0.29, 0.717) is 13.1 Å². The number of ether oxygens (including phenoxy) is 1. The number of benzene rings is 1. The summed E-state index contributed by atoms with van der Waals surface area (Å²) in [6, 6.07) is 8.10. The van der Waals surface area contributed by atoms with Crippen molar-refractivity contribution in [1.29, 1.82) is 0 Å². The fourth-order valence-electron chi connectivity index (χ4n) is 2.63. The van der Waals surface area contributed by atoms with Crippen molar-refractivity contribution in [2.75, 3.05) is 13.1 Å². The summed E-state index contributed by atoms with van der Waals surface area (Å²) in [6.07, 6.45) is 4.57. The van der Waals surface area contributed by atoms with E-state index in [0.717, 1.165) is 18.4 Å². The van der Waals surface area contributed by atoms with E-state index in [4.69, 9.17) is 4.74 Å². The van der Waals surface area contributed by atoms with Crippen molar-refractivity contribution in [3.05, 3.63) is 41.5 Å². The standard InChI is InChI=1S/C20H28N2O3/c1-15-5-7-16(8-6-15)9-10-18(23)21-17-11-13-22(14-12-17)19(24)25-20(2,3)4/h5-10,17H,11-14H2,1-4H3,(H,21,23). The predicted octanol–water partition coefficient (Wildman–Crippen LogP) is 3.52. The Kier molecular flexibility index (Phi) is 6.23. The number of aryl methyl sites for hydroxylation is 1. The topological polar surface area (TPSA) is 58.6 Å². The molecule has 25 heavy (non-hydrogen) atoms. The van der Waals surface area contributed by atoms with Gasteiger partial charge in [-0.15, -0.1) is 0 Å². The lowest BCUT2D eigenvalue weighted by molar-refractivity contribution is -0.117. The van der Waals surface area contributed by atoms with Crippen LogP contribution in [0.25, 0.3) is 6.08 Å². The van der Waals surface area contributed by atoms with Crippen LogP contribution in [0.5, 0.6) is 0 Å². The van der Waals surface area contributed by atoms with Crippen molar-refractivity contribution >= 4 is 18.1 Å². The third-order valence-electron chi connectivity index (χ3n) is 4.00. The third kappa shape index (κ3) is 6.61. The van der Waals surface area contributed by atoms with Crippen LogP contribution in [-0.2, 0) is 9.53 Å². The number of likely N-dealkylation sites (tertiary alicyclic amines) is 1. The van der Waals surface area contributed by atoms with Gasteiger partial charge < -0.3 is 15.0 Å². The largest absolute Gasteiger partial charge is 0.444 e. The van der Waals surface area contributed by atoms with Gasteiger partial charge in [0.05, 0.1) is 0 Å². The summed E-state index contributed by atoms with van der Waals surface area (Å²) in [5.74, 6) is -0.101. The summed E-state index contributed by atoms with van der Waals surface area (Å²) in [6.45, 7) is 8.81. The van der Waals surface area contributed by atoms with Crippen LogP contribution in [-0.4, -0.2) is 41.6 Å². The lowest BCUT2D eigenvalue weighted by Gasteiger charge is -2.33. The molecule has 1 N–H and O–H groups in total. The van der Waals surface area contributed by atoms with E-state index in [9.17, 15) is 9.59 Å². The van der Waals surface area contributed by atoms with Crippen molar-refractivity contribution in [3.8, 4) is 0 Å². The number of amides is 2. The van der Waals surface area contributed by atoms with E-state index in [1.54, 1.807) is 11.0 Å². The second-order valence-corrected chi connectivity index (χ2v) is 7.49. The number of carbonyl (C=O) groups is 2. The van der Waals surface area contributed by atoms with E-state index >= 15 is 0 Å². The zero-order valence-electron chi connectivity index (χ0n) is 15.5. The average molecular weight is 344 g/mol. The van der Waals surface area contributed by atoms with Crippen molar-refractivity contribution in [1.82, 2.24) is 10.2 Å². The van der Waals surface area contributed by atoms with Gasteiger partial charge >= 0.3 is 6.09 Å². The number of carbonyl (C=O) groups excluding carboxylic acids is 2. The fraction of sp³-hybridized carbons (Fsp3) is 0.500. The van der Waals surface area contributed by atoms with Crippen LogP contribution >= 0.6 is 0 Å². The molecule has 1 aromatic rings. The zero-order chi connectivity index (χ0) is 18.4. The molecule has 1 heterocycles. The van der Waals surface area contributed by atoms with Crippen molar-refractivity contribution in [3.63, 3.8) is 0 Å². The molecule has 5 heteroatoms. The quantitative estimate of drug-likeness (QED) is 0.854. The van der Waals surface area contributed by atoms with E-state index < -0.39 is 5.60 Å². The van der Waals surface area contributed by atoms with Crippen molar-refractivity contribution in [2.45, 2.75) is 52.2 Å². The Morgan fingerprint density at radius 3 is 2.32 bits per heavy atom. The molecule has 1 fully saturated rings. The number of hydrogen-bond donors (Lipinski definition) is 1. The molecule has 1 aromatic carbocycles. The van der Waals surface area contributed by atoms with Crippen molar-refractivity contribution in [2.24, 2.45) is 0 Å². The Labute approximate surface area is 150 Å². The molecule has 0 aliphatic carbocycles. The third-order valence-corrected chi connectivity index (χ3v) is 4.00. The Balaban J connectivity index is 1.76. The first-order chi connectivity index (χ1) is 11.7. The van der Waals surface area contributed by atoms with Crippen LogP contribution in [0.1, 0.15) is 44.7 Å². The molecule has 0 saturated carbocycles. The first kappa shape index (κ1) is 19.0. The minimum atomic E-state index is -0.483. The predicted molar refractivity (Wildman–Crippen MR) is 99.2 cm³/mol. The van der Waals surface area contributed by atoms with Gasteiger partial charge in [0.1, 0.15) is 5.60 Å². The Morgan fingerprint density at radius 1 is 1.16 bits per heavy atom. The molecule has 0 unspecified atom stereocenters. The highest BCUT2D eigenvalue weighted by atomic mass is 16.6. The highest BCUT2D eigenvalue weighted by molar-refractivity contribution is 5.91. The maximum atomic E-state index is 12.1. The van der Waals surface area contributed by atoms with Crippen LogP contribution in [0.2, 0.25) is 0 Å². The molecule has 0 spiro atoms. The molecule has 5 nitrogen and oxygen atoms in total. The van der Waals surface area contributed by atoms with Gasteiger partial charge in [0.25, 0.3) is 0 Å². The minimum absolute atomic E-state index is 0.0915. The number of hydrogen-bond acceptors (Lipinski definition) is 3. The molecule has 2 amide bonds. The lowest BCUT2D eigenvalue weighted by Crippen LogP contribution is -2.47. The summed E-state index contributed by atoms with van der Waals surface area (Å²) < 4.78 is 5.38. The van der Waals surface area contributed by atoms with E-state index in [-0.39, 0.29) is 18.0 Å². The number of nitrogens with zero attached hydrogens (tertiary/aromatic N) is 1. The van der Waals surface area contributed by atoms with Gasteiger partial charge in [0, 0.05) is 25.2 Å². The van der Waals surface area contributed by atoms with E-state index in [2.05, 4.69) is 5.32 Å². The van der Waals surface area contributed by atoms with Gasteiger partial charge in [-0.3, -0.25) is 4.79 Å². The van der Waals surface area contributed by atoms with Crippen LogP contribution in [0.3, 0.4) is 0 Å². The van der Waals surface area contributed by atoms with Gasteiger partial charge in [-0.25, -0.2) is 4.79 Å². The molecule has 0 aromatic heterocycles. The fourth-order valence-corrected chi connectivity index (χ4v) is 2.63. The van der Waals surface area contributed by atoms with E-state index in [1.165, 1.54) is 5.56 Å². The van der Waals surface area contributed by atoms with Crippen LogP contribution in [0.15, 0.2) is 30.3 Å². The second-order valence-electron chi connectivity index (χ2n) is 7.49. The molecule has 0 atom stereocenters. The van der Waals surface area contributed by atoms with Crippen molar-refractivity contribution < 1.29 is 14.3 Å². The zero-order valence-corrected chi connectivity index (χ0v) is 15.5. The highest BCUT2D eigenvalue weighted by Gasteiger charge is 2.27. The summed E-state index contributed by atoms with van der Waals surface area (Å²) in [5.41, 5.74) is 1.71. The highest BCUT2D eigenvalue weighted by Crippen LogP contribution is 2.15. The molecular formula is C20H28N2O3. The Hall–Kier alpha value is -2.30. The number of rotatable bonds is 3. The normalized spacial score (nSPS) is 16.1. The van der Waals surface area contributed by atoms with Gasteiger partial charge in [0.15, 0.2) is 0 Å². The smallest absolute Gasteiger partial charge is 0.410 e. The second kappa shape index (κ2) is 8.19. The van der Waals surface area contributed by atoms with Gasteiger partial charge in [-0.2, -0.15) is 0 Å². The van der Waals surface area contributed by atoms with Gasteiger partial charge in [-0.05, 0) is 52.2 Å². The summed E-state index contributed by atoms with van der Waals surface area (Å²) in [7, 11) is 0. The van der Waals surface area contributed by atoms with Gasteiger partial charge in [-0.1, -0.05) is 29.8 Å². The molecular weight excluding hydrogens is 316 g/mol. The SMILES string of the molecule is Cc1ccc(C=CC(=O)NC2CCN(C(=O)OC(C)(C)C)CC2)cc1. The van der Waals surface area contributed by atoms with Crippen LogP contribution < -0.4 is 5.32 Å². The first-order valence-corrected chi connectivity index (χ1v) is 8.76. The molecule has 0 radical (unpaired) electrons. The molecule has 1 aliphatic rings. The summed E-state index contributed by atoms with van der Waals surface area (Å²) in [5, 5.41) is 3.00. The maximum absolute atomic E-state index is 12.1. The van der Waals surface area contributed by atoms with Gasteiger partial charge in [0.2, 0.25) is 5.91 Å². The molecule has 0 bridgehead atoms. The van der Waals surface area contributed by atoms with Crippen LogP contribution in [0, 0.1) is 6.92 Å². The lowest BCUT2D eigenvalue weighted by atomic mass is 10.1. The molecule has 136 valence electrons. The molecule has 1 aliphatic heterocycles.